The molecule has 126 valence electrons. The van der Waals surface area contributed by atoms with Crippen molar-refractivity contribution in [3.63, 3.8) is 0 Å². The van der Waals surface area contributed by atoms with Crippen molar-refractivity contribution in [2.45, 2.75) is 6.54 Å². The number of nitrogens with zero attached hydrogens (tertiary/aromatic N) is 1. The molecule has 0 aliphatic carbocycles. The first-order chi connectivity index (χ1) is 11.5. The summed E-state index contributed by atoms with van der Waals surface area (Å²) in [6.07, 6.45) is 1.37. The lowest BCUT2D eigenvalue weighted by atomic mass is 10.2. The first kappa shape index (κ1) is 17.6. The van der Waals surface area contributed by atoms with Gasteiger partial charge in [-0.3, -0.25) is 9.59 Å². The van der Waals surface area contributed by atoms with E-state index in [4.69, 9.17) is 22.1 Å². The summed E-state index contributed by atoms with van der Waals surface area (Å²) in [6, 6.07) is 8.72. The van der Waals surface area contributed by atoms with Crippen LogP contribution in [0.15, 0.2) is 36.5 Å². The molecular weight excluding hydrogens is 332 g/mol. The van der Waals surface area contributed by atoms with Gasteiger partial charge in [-0.2, -0.15) is 0 Å². The molecule has 2 aromatic rings. The first-order valence-corrected chi connectivity index (χ1v) is 7.49. The van der Waals surface area contributed by atoms with E-state index in [-0.39, 0.29) is 18.1 Å². The number of ether oxygens (including phenoxy) is 1. The average molecular weight is 349 g/mol. The van der Waals surface area contributed by atoms with E-state index in [9.17, 15) is 9.59 Å². The predicted molar refractivity (Wildman–Crippen MR) is 91.1 cm³/mol. The molecule has 8 heteroatoms. The normalized spacial score (nSPS) is 10.1. The van der Waals surface area contributed by atoms with E-state index in [1.165, 1.54) is 12.3 Å². The Balaban J connectivity index is 1.92. The number of carbonyl (C=O) groups excluding carboxylic acids is 2. The number of halogens is 1. The lowest BCUT2D eigenvalue weighted by Gasteiger charge is -2.09. The van der Waals surface area contributed by atoms with Gasteiger partial charge in [0.2, 0.25) is 5.91 Å². The molecular formula is C16H17ClN4O3. The molecule has 24 heavy (non-hydrogen) atoms. The number of primary amides is 1. The van der Waals surface area contributed by atoms with Crippen LogP contribution in [0.5, 0.6) is 5.75 Å². The van der Waals surface area contributed by atoms with Gasteiger partial charge in [0.1, 0.15) is 11.6 Å². The van der Waals surface area contributed by atoms with Crippen LogP contribution in [0.2, 0.25) is 5.02 Å². The minimum absolute atomic E-state index is 0.0279. The standard InChI is InChI=1S/C16H17ClN4O3/c1-19-14(22)9-24-12-4-2-10(3-5-12)7-20-16-13(17)6-11(8-21-16)15(18)23/h2-6,8H,7,9H2,1H3,(H2,18,23)(H,19,22)(H,20,21). The summed E-state index contributed by atoms with van der Waals surface area (Å²) in [5, 5.41) is 5.87. The number of hydrogen-bond donors (Lipinski definition) is 3. The molecule has 0 spiro atoms. The summed E-state index contributed by atoms with van der Waals surface area (Å²) in [4.78, 5) is 26.2. The molecule has 0 radical (unpaired) electrons. The minimum atomic E-state index is -0.580. The van der Waals surface area contributed by atoms with E-state index in [1.807, 2.05) is 12.1 Å². The van der Waals surface area contributed by atoms with Crippen molar-refractivity contribution in [2.24, 2.45) is 5.73 Å². The Labute approximate surface area is 144 Å². The Morgan fingerprint density at radius 3 is 2.58 bits per heavy atom. The van der Waals surface area contributed by atoms with Gasteiger partial charge in [-0.15, -0.1) is 0 Å². The molecule has 2 rings (SSSR count). The van der Waals surface area contributed by atoms with E-state index >= 15 is 0 Å². The number of likely N-dealkylation sites (N-methyl/N-ethyl adjacent to an activating group) is 1. The molecule has 1 heterocycles. The second-order valence-electron chi connectivity index (χ2n) is 4.88. The van der Waals surface area contributed by atoms with Crippen molar-refractivity contribution in [1.29, 1.82) is 0 Å². The zero-order valence-electron chi connectivity index (χ0n) is 13.0. The Bertz CT molecular complexity index is 735. The highest BCUT2D eigenvalue weighted by atomic mass is 35.5. The van der Waals surface area contributed by atoms with Crippen LogP contribution in [0.3, 0.4) is 0 Å². The summed E-state index contributed by atoms with van der Waals surface area (Å²) < 4.78 is 5.32. The monoisotopic (exact) mass is 348 g/mol. The van der Waals surface area contributed by atoms with Crippen LogP contribution in [0.1, 0.15) is 15.9 Å². The van der Waals surface area contributed by atoms with E-state index in [0.717, 1.165) is 5.56 Å². The topological polar surface area (TPSA) is 106 Å². The fraction of sp³-hybridized carbons (Fsp3) is 0.188. The Hall–Kier alpha value is -2.80. The van der Waals surface area contributed by atoms with Gasteiger partial charge in [0.25, 0.3) is 5.91 Å². The molecule has 0 saturated heterocycles. The lowest BCUT2D eigenvalue weighted by Crippen LogP contribution is -2.24. The maximum atomic E-state index is 11.1. The quantitative estimate of drug-likeness (QED) is 0.704. The average Bonchev–Trinajstić information content (AvgIpc) is 2.59. The van der Waals surface area contributed by atoms with Crippen LogP contribution in [-0.2, 0) is 11.3 Å². The van der Waals surface area contributed by atoms with Crippen LogP contribution in [-0.4, -0.2) is 30.5 Å². The van der Waals surface area contributed by atoms with Gasteiger partial charge in [0, 0.05) is 19.8 Å². The van der Waals surface area contributed by atoms with Crippen molar-refractivity contribution in [1.82, 2.24) is 10.3 Å². The summed E-state index contributed by atoms with van der Waals surface area (Å²) in [5.74, 6) is 0.287. The summed E-state index contributed by atoms with van der Waals surface area (Å²) in [7, 11) is 1.55. The van der Waals surface area contributed by atoms with Crippen LogP contribution in [0.4, 0.5) is 5.82 Å². The highest BCUT2D eigenvalue weighted by molar-refractivity contribution is 6.33. The molecule has 0 atom stereocenters. The maximum absolute atomic E-state index is 11.1. The number of carbonyl (C=O) groups is 2. The molecule has 0 bridgehead atoms. The Kier molecular flexibility index (Phi) is 5.97. The molecule has 7 nitrogen and oxygen atoms in total. The zero-order chi connectivity index (χ0) is 17.5. The van der Waals surface area contributed by atoms with Gasteiger partial charge < -0.3 is 21.1 Å². The van der Waals surface area contributed by atoms with Gasteiger partial charge in [-0.05, 0) is 23.8 Å². The fourth-order valence-electron chi connectivity index (χ4n) is 1.81. The predicted octanol–water partition coefficient (Wildman–Crippen LogP) is 1.57. The first-order valence-electron chi connectivity index (χ1n) is 7.11. The smallest absolute Gasteiger partial charge is 0.257 e. The van der Waals surface area contributed by atoms with E-state index in [0.29, 0.717) is 23.1 Å². The number of benzene rings is 1. The summed E-state index contributed by atoms with van der Waals surface area (Å²) in [5.41, 5.74) is 6.39. The number of pyridine rings is 1. The summed E-state index contributed by atoms with van der Waals surface area (Å²) >= 11 is 6.06. The number of rotatable bonds is 7. The van der Waals surface area contributed by atoms with E-state index in [2.05, 4.69) is 15.6 Å². The summed E-state index contributed by atoms with van der Waals surface area (Å²) in [6.45, 7) is 0.457. The number of nitrogens with one attached hydrogen (secondary N) is 2. The highest BCUT2D eigenvalue weighted by Crippen LogP contribution is 2.21. The van der Waals surface area contributed by atoms with Gasteiger partial charge in [0.15, 0.2) is 6.61 Å². The molecule has 0 unspecified atom stereocenters. The number of amides is 2. The number of anilines is 1. The van der Waals surface area contributed by atoms with Crippen molar-refractivity contribution in [3.8, 4) is 5.75 Å². The van der Waals surface area contributed by atoms with E-state index < -0.39 is 5.91 Å². The maximum Gasteiger partial charge on any atom is 0.257 e. The fourth-order valence-corrected chi connectivity index (χ4v) is 2.05. The van der Waals surface area contributed by atoms with E-state index in [1.54, 1.807) is 19.2 Å². The zero-order valence-corrected chi connectivity index (χ0v) is 13.8. The second kappa shape index (κ2) is 8.16. The van der Waals surface area contributed by atoms with Crippen LogP contribution < -0.4 is 21.1 Å². The molecule has 0 saturated carbocycles. The van der Waals surface area contributed by atoms with Crippen molar-refractivity contribution < 1.29 is 14.3 Å². The number of aromatic nitrogens is 1. The van der Waals surface area contributed by atoms with Gasteiger partial charge in [-0.1, -0.05) is 23.7 Å². The molecule has 2 amide bonds. The van der Waals surface area contributed by atoms with Gasteiger partial charge >= 0.3 is 0 Å². The molecule has 1 aromatic heterocycles. The highest BCUT2D eigenvalue weighted by Gasteiger charge is 2.07. The molecule has 0 aliphatic rings. The van der Waals surface area contributed by atoms with Crippen molar-refractivity contribution >= 4 is 29.2 Å². The Morgan fingerprint density at radius 2 is 2.00 bits per heavy atom. The molecule has 4 N–H and O–H groups in total. The number of hydrogen-bond acceptors (Lipinski definition) is 5. The Morgan fingerprint density at radius 1 is 1.29 bits per heavy atom. The second-order valence-corrected chi connectivity index (χ2v) is 5.29. The van der Waals surface area contributed by atoms with Crippen molar-refractivity contribution in [3.05, 3.63) is 52.7 Å². The largest absolute Gasteiger partial charge is 0.484 e. The minimum Gasteiger partial charge on any atom is -0.484 e. The third kappa shape index (κ3) is 4.85. The molecule has 0 aliphatic heterocycles. The lowest BCUT2D eigenvalue weighted by molar-refractivity contribution is -0.122. The molecule has 1 aromatic carbocycles. The molecule has 0 fully saturated rings. The third-order valence-corrected chi connectivity index (χ3v) is 3.45. The van der Waals surface area contributed by atoms with Crippen LogP contribution in [0.25, 0.3) is 0 Å². The van der Waals surface area contributed by atoms with Crippen LogP contribution >= 0.6 is 11.6 Å². The SMILES string of the molecule is CNC(=O)COc1ccc(CNc2ncc(C(N)=O)cc2Cl)cc1. The third-order valence-electron chi connectivity index (χ3n) is 3.16. The van der Waals surface area contributed by atoms with Gasteiger partial charge in [0.05, 0.1) is 10.6 Å². The number of nitrogens with two attached hydrogens (primary N) is 1. The van der Waals surface area contributed by atoms with Gasteiger partial charge in [-0.25, -0.2) is 4.98 Å². The van der Waals surface area contributed by atoms with Crippen molar-refractivity contribution in [2.75, 3.05) is 19.0 Å². The van der Waals surface area contributed by atoms with Crippen LogP contribution in [0, 0.1) is 0 Å².